The summed E-state index contributed by atoms with van der Waals surface area (Å²) in [5.74, 6) is 0.550. The number of carbonyl (C=O) groups excluding carboxylic acids is 1. The van der Waals surface area contributed by atoms with Crippen molar-refractivity contribution in [1.29, 1.82) is 0 Å². The molecule has 0 saturated carbocycles. The van der Waals surface area contributed by atoms with Crippen LogP contribution in [0.2, 0.25) is 0 Å². The molecule has 0 saturated heterocycles. The summed E-state index contributed by atoms with van der Waals surface area (Å²) in [5.41, 5.74) is 5.67. The van der Waals surface area contributed by atoms with E-state index >= 15 is 0 Å². The molecule has 1 aliphatic heterocycles. The highest BCUT2D eigenvalue weighted by atomic mass is 32.2. The molecule has 144 valence electrons. The van der Waals surface area contributed by atoms with E-state index in [4.69, 9.17) is 4.98 Å². The predicted octanol–water partition coefficient (Wildman–Crippen LogP) is 4.70. The van der Waals surface area contributed by atoms with Crippen LogP contribution < -0.4 is 0 Å². The van der Waals surface area contributed by atoms with E-state index in [9.17, 15) is 4.79 Å². The molecule has 3 aromatic carbocycles. The standard InChI is InChI=1S/C24H21N3OS/c28-23(26-15-14-18-8-4-5-9-19(18)16-26)17-29-24-25-21-12-6-7-13-22(21)27(24)20-10-2-1-3-11-20/h1-13H,14-17H2. The van der Waals surface area contributed by atoms with E-state index < -0.39 is 0 Å². The number of benzene rings is 3. The monoisotopic (exact) mass is 399 g/mol. The average molecular weight is 400 g/mol. The highest BCUT2D eigenvalue weighted by Gasteiger charge is 2.21. The molecule has 0 aliphatic carbocycles. The predicted molar refractivity (Wildman–Crippen MR) is 117 cm³/mol. The molecule has 29 heavy (non-hydrogen) atoms. The maximum absolute atomic E-state index is 12.9. The third-order valence-electron chi connectivity index (χ3n) is 5.35. The number of aromatic nitrogens is 2. The molecule has 0 unspecified atom stereocenters. The Kier molecular flexibility index (Phi) is 4.82. The minimum atomic E-state index is 0.163. The van der Waals surface area contributed by atoms with Gasteiger partial charge in [-0.1, -0.05) is 66.4 Å². The summed E-state index contributed by atoms with van der Waals surface area (Å²) in [7, 11) is 0. The van der Waals surface area contributed by atoms with Gasteiger partial charge >= 0.3 is 0 Å². The molecule has 0 N–H and O–H groups in total. The Hall–Kier alpha value is -3.05. The summed E-state index contributed by atoms with van der Waals surface area (Å²) in [5, 5.41) is 0.850. The van der Waals surface area contributed by atoms with Crippen molar-refractivity contribution in [2.75, 3.05) is 12.3 Å². The quantitative estimate of drug-likeness (QED) is 0.467. The molecule has 1 aromatic heterocycles. The summed E-state index contributed by atoms with van der Waals surface area (Å²) in [6.45, 7) is 1.48. The third kappa shape index (κ3) is 3.54. The number of carbonyl (C=O) groups is 1. The lowest BCUT2D eigenvalue weighted by Gasteiger charge is -2.28. The Morgan fingerprint density at radius 1 is 0.897 bits per heavy atom. The summed E-state index contributed by atoms with van der Waals surface area (Å²) in [6.07, 6.45) is 0.926. The molecular formula is C24H21N3OS. The van der Waals surface area contributed by atoms with Crippen LogP contribution in [0.5, 0.6) is 0 Å². The number of para-hydroxylation sites is 3. The lowest BCUT2D eigenvalue weighted by Crippen LogP contribution is -2.37. The minimum Gasteiger partial charge on any atom is -0.337 e. The second-order valence-electron chi connectivity index (χ2n) is 7.18. The van der Waals surface area contributed by atoms with Gasteiger partial charge in [0.15, 0.2) is 5.16 Å². The molecule has 5 heteroatoms. The van der Waals surface area contributed by atoms with Gasteiger partial charge in [0.05, 0.1) is 16.8 Å². The van der Waals surface area contributed by atoms with Crippen LogP contribution in [0.3, 0.4) is 0 Å². The van der Waals surface area contributed by atoms with E-state index in [2.05, 4.69) is 41.0 Å². The number of nitrogens with zero attached hydrogens (tertiary/aromatic N) is 3. The van der Waals surface area contributed by atoms with Gasteiger partial charge in [0.1, 0.15) is 0 Å². The van der Waals surface area contributed by atoms with Crippen molar-refractivity contribution in [3.05, 3.63) is 90.0 Å². The molecule has 0 fully saturated rings. The van der Waals surface area contributed by atoms with E-state index in [-0.39, 0.29) is 5.91 Å². The Morgan fingerprint density at radius 3 is 2.48 bits per heavy atom. The average Bonchev–Trinajstić information content (AvgIpc) is 3.16. The summed E-state index contributed by atoms with van der Waals surface area (Å²) in [6, 6.07) is 26.7. The van der Waals surface area contributed by atoms with Crippen LogP contribution in [0.15, 0.2) is 84.0 Å². The minimum absolute atomic E-state index is 0.163. The van der Waals surface area contributed by atoms with Crippen molar-refractivity contribution >= 4 is 28.7 Å². The zero-order valence-electron chi connectivity index (χ0n) is 16.0. The fourth-order valence-corrected chi connectivity index (χ4v) is 4.78. The van der Waals surface area contributed by atoms with Crippen molar-refractivity contribution in [2.24, 2.45) is 0 Å². The van der Waals surface area contributed by atoms with Crippen molar-refractivity contribution < 1.29 is 4.79 Å². The lowest BCUT2D eigenvalue weighted by molar-refractivity contribution is -0.129. The smallest absolute Gasteiger partial charge is 0.233 e. The van der Waals surface area contributed by atoms with Crippen LogP contribution in [0.4, 0.5) is 0 Å². The molecule has 1 amide bonds. The number of amides is 1. The molecule has 4 aromatic rings. The SMILES string of the molecule is O=C(CSc1nc2ccccc2n1-c1ccccc1)N1CCc2ccccc2C1. The normalized spacial score (nSPS) is 13.4. The Morgan fingerprint density at radius 2 is 1.62 bits per heavy atom. The van der Waals surface area contributed by atoms with Gasteiger partial charge < -0.3 is 4.90 Å². The second kappa shape index (κ2) is 7.76. The number of hydrogen-bond donors (Lipinski definition) is 0. The van der Waals surface area contributed by atoms with Gasteiger partial charge in [0, 0.05) is 18.8 Å². The molecule has 0 radical (unpaired) electrons. The van der Waals surface area contributed by atoms with Gasteiger partial charge in [0.2, 0.25) is 5.91 Å². The topological polar surface area (TPSA) is 38.1 Å². The van der Waals surface area contributed by atoms with Crippen LogP contribution in [0.25, 0.3) is 16.7 Å². The highest BCUT2D eigenvalue weighted by molar-refractivity contribution is 7.99. The summed E-state index contributed by atoms with van der Waals surface area (Å²) < 4.78 is 2.14. The van der Waals surface area contributed by atoms with Gasteiger partial charge in [-0.05, 0) is 41.8 Å². The van der Waals surface area contributed by atoms with Crippen molar-refractivity contribution in [3.8, 4) is 5.69 Å². The molecular weight excluding hydrogens is 378 g/mol. The van der Waals surface area contributed by atoms with E-state index in [0.717, 1.165) is 34.8 Å². The first kappa shape index (κ1) is 18.0. The number of imidazole rings is 1. The molecule has 5 rings (SSSR count). The number of fused-ring (bicyclic) bond motifs is 2. The second-order valence-corrected chi connectivity index (χ2v) is 8.12. The Labute approximate surface area is 174 Å². The zero-order chi connectivity index (χ0) is 19.6. The van der Waals surface area contributed by atoms with Gasteiger partial charge in [-0.3, -0.25) is 9.36 Å². The van der Waals surface area contributed by atoms with Crippen LogP contribution >= 0.6 is 11.8 Å². The lowest BCUT2D eigenvalue weighted by atomic mass is 10.00. The van der Waals surface area contributed by atoms with E-state index in [1.165, 1.54) is 22.9 Å². The van der Waals surface area contributed by atoms with E-state index in [0.29, 0.717) is 12.3 Å². The van der Waals surface area contributed by atoms with Gasteiger partial charge in [0.25, 0.3) is 0 Å². The van der Waals surface area contributed by atoms with Gasteiger partial charge in [-0.15, -0.1) is 0 Å². The maximum Gasteiger partial charge on any atom is 0.233 e. The van der Waals surface area contributed by atoms with E-state index in [1.54, 1.807) is 0 Å². The first-order valence-corrected chi connectivity index (χ1v) is 10.8. The third-order valence-corrected chi connectivity index (χ3v) is 6.28. The van der Waals surface area contributed by atoms with E-state index in [1.807, 2.05) is 47.4 Å². The molecule has 0 bridgehead atoms. The van der Waals surface area contributed by atoms with Crippen molar-refractivity contribution in [3.63, 3.8) is 0 Å². The number of rotatable bonds is 4. The summed E-state index contributed by atoms with van der Waals surface area (Å²) >= 11 is 1.51. The van der Waals surface area contributed by atoms with Gasteiger partial charge in [-0.25, -0.2) is 4.98 Å². The number of hydrogen-bond acceptors (Lipinski definition) is 3. The molecule has 1 aliphatic rings. The fourth-order valence-electron chi connectivity index (χ4n) is 3.85. The van der Waals surface area contributed by atoms with Crippen molar-refractivity contribution in [1.82, 2.24) is 14.5 Å². The van der Waals surface area contributed by atoms with Crippen LogP contribution in [-0.4, -0.2) is 32.7 Å². The first-order valence-electron chi connectivity index (χ1n) is 9.80. The van der Waals surface area contributed by atoms with Crippen LogP contribution in [-0.2, 0) is 17.8 Å². The summed E-state index contributed by atoms with van der Waals surface area (Å²) in [4.78, 5) is 19.7. The maximum atomic E-state index is 12.9. The molecule has 2 heterocycles. The highest BCUT2D eigenvalue weighted by Crippen LogP contribution is 2.28. The Balaban J connectivity index is 1.38. The van der Waals surface area contributed by atoms with Crippen molar-refractivity contribution in [2.45, 2.75) is 18.1 Å². The van der Waals surface area contributed by atoms with Crippen LogP contribution in [0.1, 0.15) is 11.1 Å². The first-order chi connectivity index (χ1) is 14.3. The molecule has 0 spiro atoms. The fraction of sp³-hybridized carbons (Fsp3) is 0.167. The molecule has 4 nitrogen and oxygen atoms in total. The Bertz CT molecular complexity index is 1170. The van der Waals surface area contributed by atoms with Gasteiger partial charge in [-0.2, -0.15) is 0 Å². The zero-order valence-corrected chi connectivity index (χ0v) is 16.8. The molecule has 0 atom stereocenters. The van der Waals surface area contributed by atoms with Crippen LogP contribution in [0, 0.1) is 0 Å². The largest absolute Gasteiger partial charge is 0.337 e. The number of thioether (sulfide) groups is 1.